The molecule has 1 aromatic carbocycles. The van der Waals surface area contributed by atoms with E-state index in [4.69, 9.17) is 9.47 Å². The highest BCUT2D eigenvalue weighted by Gasteiger charge is 2.47. The van der Waals surface area contributed by atoms with Crippen LogP contribution in [0.25, 0.3) is 0 Å². The second-order valence-corrected chi connectivity index (χ2v) is 5.96. The first-order valence-corrected chi connectivity index (χ1v) is 7.13. The Morgan fingerprint density at radius 1 is 1.52 bits per heavy atom. The van der Waals surface area contributed by atoms with Crippen molar-refractivity contribution in [2.75, 3.05) is 20.3 Å². The number of carbonyl (C=O) groups is 2. The zero-order valence-corrected chi connectivity index (χ0v) is 13.3. The van der Waals surface area contributed by atoms with Crippen LogP contribution in [0, 0.1) is 5.41 Å². The number of amides is 1. The van der Waals surface area contributed by atoms with Crippen LogP contribution in [0.3, 0.4) is 0 Å². The van der Waals surface area contributed by atoms with Crippen molar-refractivity contribution < 1.29 is 24.2 Å². The van der Waals surface area contributed by atoms with Crippen molar-refractivity contribution >= 4 is 27.8 Å². The Morgan fingerprint density at radius 3 is 2.86 bits per heavy atom. The molecule has 0 saturated carbocycles. The molecule has 6 nitrogen and oxygen atoms in total. The molecule has 0 spiro atoms. The van der Waals surface area contributed by atoms with E-state index in [-0.39, 0.29) is 19.1 Å². The molecule has 1 saturated heterocycles. The SMILES string of the molecule is COc1ccc(Br)c(C(=O)NC2COCC2(C)C(=O)O)c1. The number of aliphatic carboxylic acids is 1. The summed E-state index contributed by atoms with van der Waals surface area (Å²) in [5.74, 6) is -0.814. The Balaban J connectivity index is 2.20. The fourth-order valence-electron chi connectivity index (χ4n) is 2.13. The first kappa shape index (κ1) is 15.8. The Hall–Kier alpha value is -1.60. The van der Waals surface area contributed by atoms with Crippen molar-refractivity contribution in [2.24, 2.45) is 5.41 Å². The summed E-state index contributed by atoms with van der Waals surface area (Å²) in [6.45, 7) is 1.82. The van der Waals surface area contributed by atoms with Crippen molar-refractivity contribution in [3.63, 3.8) is 0 Å². The standard InChI is InChI=1S/C14H16BrNO5/c1-14(13(18)19)7-21-6-11(14)16-12(17)9-5-8(20-2)3-4-10(9)15/h3-5,11H,6-7H2,1-2H3,(H,16,17)(H,18,19). The average molecular weight is 358 g/mol. The van der Waals surface area contributed by atoms with Crippen LogP contribution in [0.2, 0.25) is 0 Å². The quantitative estimate of drug-likeness (QED) is 0.856. The first-order chi connectivity index (χ1) is 9.88. The number of hydrogen-bond donors (Lipinski definition) is 2. The van der Waals surface area contributed by atoms with Crippen molar-refractivity contribution in [2.45, 2.75) is 13.0 Å². The van der Waals surface area contributed by atoms with Gasteiger partial charge in [0.2, 0.25) is 0 Å². The van der Waals surface area contributed by atoms with E-state index in [1.807, 2.05) is 0 Å². The minimum absolute atomic E-state index is 0.0760. The van der Waals surface area contributed by atoms with E-state index in [1.54, 1.807) is 25.1 Å². The molecule has 2 rings (SSSR count). The summed E-state index contributed by atoms with van der Waals surface area (Å²) in [6, 6.07) is 4.43. The zero-order chi connectivity index (χ0) is 15.6. The molecule has 1 heterocycles. The molecule has 1 aromatic rings. The average Bonchev–Trinajstić information content (AvgIpc) is 2.82. The molecule has 1 aliphatic rings. The number of halogens is 1. The van der Waals surface area contributed by atoms with Crippen molar-refractivity contribution in [1.29, 1.82) is 0 Å². The molecule has 1 amide bonds. The number of carboxylic acids is 1. The predicted octanol–water partition coefficient (Wildman–Crippen LogP) is 1.68. The minimum Gasteiger partial charge on any atom is -0.497 e. The van der Waals surface area contributed by atoms with Gasteiger partial charge in [-0.05, 0) is 41.1 Å². The van der Waals surface area contributed by atoms with E-state index in [0.29, 0.717) is 15.8 Å². The topological polar surface area (TPSA) is 84.9 Å². The maximum absolute atomic E-state index is 12.4. The fourth-order valence-corrected chi connectivity index (χ4v) is 2.55. The molecule has 1 aliphatic heterocycles. The molecular formula is C14H16BrNO5. The van der Waals surface area contributed by atoms with E-state index < -0.39 is 17.4 Å². The number of hydrogen-bond acceptors (Lipinski definition) is 4. The van der Waals surface area contributed by atoms with Crippen molar-refractivity contribution in [1.82, 2.24) is 5.32 Å². The van der Waals surface area contributed by atoms with Crippen LogP contribution in [-0.2, 0) is 9.53 Å². The predicted molar refractivity (Wildman–Crippen MR) is 78.5 cm³/mol. The third-order valence-electron chi connectivity index (χ3n) is 3.67. The van der Waals surface area contributed by atoms with E-state index in [1.165, 1.54) is 7.11 Å². The largest absolute Gasteiger partial charge is 0.497 e. The van der Waals surface area contributed by atoms with Gasteiger partial charge in [0, 0.05) is 4.47 Å². The lowest BCUT2D eigenvalue weighted by Crippen LogP contribution is -2.49. The number of rotatable bonds is 4. The van der Waals surface area contributed by atoms with Gasteiger partial charge in [-0.2, -0.15) is 0 Å². The molecule has 2 atom stereocenters. The summed E-state index contributed by atoms with van der Waals surface area (Å²) in [4.78, 5) is 23.7. The van der Waals surface area contributed by atoms with Crippen molar-refractivity contribution in [3.05, 3.63) is 28.2 Å². The van der Waals surface area contributed by atoms with Crippen LogP contribution in [0.15, 0.2) is 22.7 Å². The Morgan fingerprint density at radius 2 is 2.24 bits per heavy atom. The van der Waals surface area contributed by atoms with Gasteiger partial charge < -0.3 is 19.9 Å². The first-order valence-electron chi connectivity index (χ1n) is 6.34. The minimum atomic E-state index is -1.12. The molecule has 0 bridgehead atoms. The third-order valence-corrected chi connectivity index (χ3v) is 4.36. The highest BCUT2D eigenvalue weighted by atomic mass is 79.9. The van der Waals surface area contributed by atoms with Gasteiger partial charge in [-0.3, -0.25) is 9.59 Å². The molecule has 2 unspecified atom stereocenters. The van der Waals surface area contributed by atoms with Gasteiger partial charge >= 0.3 is 5.97 Å². The van der Waals surface area contributed by atoms with Gasteiger partial charge in [-0.1, -0.05) is 0 Å². The lowest BCUT2D eigenvalue weighted by atomic mass is 9.85. The van der Waals surface area contributed by atoms with E-state index in [2.05, 4.69) is 21.2 Å². The maximum atomic E-state index is 12.4. The Kier molecular flexibility index (Phi) is 4.53. The lowest BCUT2D eigenvalue weighted by Gasteiger charge is -2.25. The lowest BCUT2D eigenvalue weighted by molar-refractivity contribution is -0.148. The molecule has 7 heteroatoms. The number of nitrogens with one attached hydrogen (secondary N) is 1. The monoisotopic (exact) mass is 357 g/mol. The van der Waals surface area contributed by atoms with Gasteiger partial charge in [0.15, 0.2) is 0 Å². The third kappa shape index (κ3) is 3.03. The van der Waals surface area contributed by atoms with Crippen LogP contribution in [0.4, 0.5) is 0 Å². The number of carbonyl (C=O) groups excluding carboxylic acids is 1. The Bertz CT molecular complexity index is 576. The second-order valence-electron chi connectivity index (χ2n) is 5.11. The van der Waals surface area contributed by atoms with E-state index in [0.717, 1.165) is 0 Å². The number of ether oxygens (including phenoxy) is 2. The van der Waals surface area contributed by atoms with Crippen molar-refractivity contribution in [3.8, 4) is 5.75 Å². The molecule has 0 aromatic heterocycles. The van der Waals surface area contributed by atoms with E-state index >= 15 is 0 Å². The summed E-state index contributed by atoms with van der Waals surface area (Å²) in [6.07, 6.45) is 0. The number of methoxy groups -OCH3 is 1. The molecule has 0 radical (unpaired) electrons. The summed E-state index contributed by atoms with van der Waals surface area (Å²) < 4.78 is 10.9. The molecule has 21 heavy (non-hydrogen) atoms. The highest BCUT2D eigenvalue weighted by Crippen LogP contribution is 2.30. The second kappa shape index (κ2) is 6.03. The van der Waals surface area contributed by atoms with Gasteiger partial charge in [0.25, 0.3) is 5.91 Å². The number of benzene rings is 1. The summed E-state index contributed by atoms with van der Waals surface area (Å²) in [7, 11) is 1.51. The normalized spacial score (nSPS) is 24.6. The summed E-state index contributed by atoms with van der Waals surface area (Å²) in [5, 5.41) is 12.0. The fraction of sp³-hybridized carbons (Fsp3) is 0.429. The van der Waals surface area contributed by atoms with Crippen LogP contribution in [0.5, 0.6) is 5.75 Å². The van der Waals surface area contributed by atoms with Crippen LogP contribution in [0.1, 0.15) is 17.3 Å². The molecule has 0 aliphatic carbocycles. The number of carboxylic acid groups (broad SMARTS) is 1. The molecule has 1 fully saturated rings. The maximum Gasteiger partial charge on any atom is 0.313 e. The van der Waals surface area contributed by atoms with Gasteiger partial charge in [0.05, 0.1) is 31.9 Å². The van der Waals surface area contributed by atoms with Crippen LogP contribution >= 0.6 is 15.9 Å². The summed E-state index contributed by atoms with van der Waals surface area (Å²) >= 11 is 3.30. The highest BCUT2D eigenvalue weighted by molar-refractivity contribution is 9.10. The zero-order valence-electron chi connectivity index (χ0n) is 11.7. The van der Waals surface area contributed by atoms with Crippen LogP contribution in [-0.4, -0.2) is 43.3 Å². The Labute approximate surface area is 130 Å². The van der Waals surface area contributed by atoms with Crippen LogP contribution < -0.4 is 10.1 Å². The molecule has 2 N–H and O–H groups in total. The van der Waals surface area contributed by atoms with Gasteiger partial charge in [-0.25, -0.2) is 0 Å². The van der Waals surface area contributed by atoms with Gasteiger partial charge in [0.1, 0.15) is 11.2 Å². The molecular weight excluding hydrogens is 342 g/mol. The summed E-state index contributed by atoms with van der Waals surface area (Å²) in [5.41, 5.74) is -0.741. The smallest absolute Gasteiger partial charge is 0.313 e. The van der Waals surface area contributed by atoms with E-state index in [9.17, 15) is 14.7 Å². The van der Waals surface area contributed by atoms with Gasteiger partial charge in [-0.15, -0.1) is 0 Å². The molecule has 114 valence electrons.